The normalized spacial score (nSPS) is 11.4. The lowest BCUT2D eigenvalue weighted by molar-refractivity contribution is 0.0992. The van der Waals surface area contributed by atoms with Gasteiger partial charge in [-0.05, 0) is 24.3 Å². The van der Waals surface area contributed by atoms with Crippen LogP contribution in [0.15, 0.2) is 52.2 Å². The zero-order valence-electron chi connectivity index (χ0n) is 10.8. The molecule has 0 aliphatic rings. The molecule has 4 aromatic rings. The number of carbonyl (C=O) groups excluding carboxylic acids is 1. The molecule has 21 heavy (non-hydrogen) atoms. The molecule has 4 rings (SSSR count). The van der Waals surface area contributed by atoms with Crippen LogP contribution in [0.2, 0.25) is 0 Å². The van der Waals surface area contributed by atoms with Crippen LogP contribution in [0.4, 0.5) is 0 Å². The van der Waals surface area contributed by atoms with Gasteiger partial charge in [0.25, 0.3) is 0 Å². The number of carbonyl (C=O) groups is 1. The molecule has 0 atom stereocenters. The molecule has 0 bridgehead atoms. The third kappa shape index (κ3) is 2.02. The molecule has 1 aromatic carbocycles. The van der Waals surface area contributed by atoms with Crippen LogP contribution in [-0.4, -0.2) is 31.1 Å². The number of thioether (sulfide) groups is 1. The van der Waals surface area contributed by atoms with Crippen LogP contribution in [0, 0.1) is 0 Å². The fourth-order valence-electron chi connectivity index (χ4n) is 2.18. The molecule has 0 aliphatic carbocycles. The molecule has 0 amide bonds. The molecule has 0 fully saturated rings. The van der Waals surface area contributed by atoms with E-state index in [0.29, 0.717) is 16.7 Å². The number of fused-ring (bicyclic) bond motifs is 3. The second-order valence-corrected chi connectivity index (χ2v) is 5.40. The van der Waals surface area contributed by atoms with Crippen LogP contribution in [-0.2, 0) is 0 Å². The summed E-state index contributed by atoms with van der Waals surface area (Å²) in [5.74, 6) is 1.24. The van der Waals surface area contributed by atoms with E-state index in [1.807, 2.05) is 28.7 Å². The second kappa shape index (κ2) is 4.78. The molecule has 7 heteroatoms. The molecule has 3 heterocycles. The Kier molecular flexibility index (Phi) is 2.78. The van der Waals surface area contributed by atoms with Gasteiger partial charge in [-0.3, -0.25) is 9.20 Å². The number of aromatic amines is 1. The smallest absolute Gasteiger partial charge is 0.231 e. The number of nitrogens with one attached hydrogen (secondary N) is 1. The van der Waals surface area contributed by atoms with Gasteiger partial charge in [-0.1, -0.05) is 23.9 Å². The molecule has 3 aromatic heterocycles. The highest BCUT2D eigenvalue weighted by atomic mass is 32.2. The summed E-state index contributed by atoms with van der Waals surface area (Å²) in [7, 11) is 0. The summed E-state index contributed by atoms with van der Waals surface area (Å²) >= 11 is 1.35. The Morgan fingerprint density at radius 3 is 3.05 bits per heavy atom. The fraction of sp³-hybridized carbons (Fsp3) is 0.0714. The average molecular weight is 298 g/mol. The minimum atomic E-state index is -0.0643. The number of aromatic nitrogens is 4. The fourth-order valence-corrected chi connectivity index (χ4v) is 3.00. The van der Waals surface area contributed by atoms with Crippen LogP contribution in [0.5, 0.6) is 0 Å². The van der Waals surface area contributed by atoms with Crippen molar-refractivity contribution in [2.45, 2.75) is 5.16 Å². The van der Waals surface area contributed by atoms with Gasteiger partial charge >= 0.3 is 0 Å². The van der Waals surface area contributed by atoms with Gasteiger partial charge in [-0.2, -0.15) is 0 Å². The topological polar surface area (TPSA) is 76.2 Å². The SMILES string of the molecule is O=C(CSc1n[nH]c2nc3ccccc3n12)c1ccco1. The van der Waals surface area contributed by atoms with Crippen molar-refractivity contribution < 1.29 is 9.21 Å². The van der Waals surface area contributed by atoms with Crippen molar-refractivity contribution in [1.29, 1.82) is 0 Å². The molecule has 0 saturated heterocycles. The Morgan fingerprint density at radius 1 is 1.29 bits per heavy atom. The summed E-state index contributed by atoms with van der Waals surface area (Å²) in [6.45, 7) is 0. The van der Waals surface area contributed by atoms with Crippen molar-refractivity contribution in [1.82, 2.24) is 19.6 Å². The molecule has 0 saturated carbocycles. The van der Waals surface area contributed by atoms with Gasteiger partial charge in [-0.25, -0.2) is 10.1 Å². The first kappa shape index (κ1) is 12.2. The van der Waals surface area contributed by atoms with E-state index >= 15 is 0 Å². The molecule has 0 radical (unpaired) electrons. The van der Waals surface area contributed by atoms with Gasteiger partial charge in [0.15, 0.2) is 10.9 Å². The van der Waals surface area contributed by atoms with E-state index in [4.69, 9.17) is 4.42 Å². The number of para-hydroxylation sites is 2. The third-order valence-corrected chi connectivity index (χ3v) is 4.07. The maximum atomic E-state index is 12.0. The van der Waals surface area contributed by atoms with Crippen LogP contribution < -0.4 is 0 Å². The Morgan fingerprint density at radius 2 is 2.19 bits per heavy atom. The first-order valence-electron chi connectivity index (χ1n) is 6.34. The van der Waals surface area contributed by atoms with Crippen LogP contribution >= 0.6 is 11.8 Å². The maximum Gasteiger partial charge on any atom is 0.231 e. The molecule has 6 nitrogen and oxygen atoms in total. The highest BCUT2D eigenvalue weighted by molar-refractivity contribution is 7.99. The predicted octanol–water partition coefficient (Wildman–Crippen LogP) is 2.78. The van der Waals surface area contributed by atoms with Crippen molar-refractivity contribution in [2.24, 2.45) is 0 Å². The van der Waals surface area contributed by atoms with Gasteiger partial charge < -0.3 is 4.42 Å². The molecular formula is C14H10N4O2S. The standard InChI is InChI=1S/C14H10N4O2S/c19-11(12-6-3-7-20-12)8-21-14-17-16-13-15-9-4-1-2-5-10(9)18(13)14/h1-7H,8H2,(H,15,16). The molecule has 0 unspecified atom stereocenters. The number of H-pyrrole nitrogens is 1. The van der Waals surface area contributed by atoms with Crippen LogP contribution in [0.1, 0.15) is 10.6 Å². The highest BCUT2D eigenvalue weighted by Crippen LogP contribution is 2.23. The first-order valence-corrected chi connectivity index (χ1v) is 7.32. The lowest BCUT2D eigenvalue weighted by atomic mass is 10.3. The van der Waals surface area contributed by atoms with E-state index in [2.05, 4.69) is 15.2 Å². The van der Waals surface area contributed by atoms with Gasteiger partial charge in [0.2, 0.25) is 11.6 Å². The Balaban J connectivity index is 1.66. The lowest BCUT2D eigenvalue weighted by Gasteiger charge is -1.97. The summed E-state index contributed by atoms with van der Waals surface area (Å²) in [5.41, 5.74) is 1.86. The molecule has 0 aliphatic heterocycles. The van der Waals surface area contributed by atoms with Crippen molar-refractivity contribution in [3.05, 3.63) is 48.4 Å². The molecule has 104 valence electrons. The van der Waals surface area contributed by atoms with E-state index in [9.17, 15) is 4.79 Å². The van der Waals surface area contributed by atoms with E-state index in [1.54, 1.807) is 12.1 Å². The van der Waals surface area contributed by atoms with Crippen molar-refractivity contribution in [2.75, 3.05) is 5.75 Å². The Labute approximate surface area is 123 Å². The van der Waals surface area contributed by atoms with Gasteiger partial charge in [0, 0.05) is 0 Å². The Hall–Kier alpha value is -2.54. The number of Topliss-reactive ketones (excluding diaryl/α,β-unsaturated/α-hetero) is 1. The number of imidazole rings is 1. The number of benzene rings is 1. The zero-order valence-corrected chi connectivity index (χ0v) is 11.6. The van der Waals surface area contributed by atoms with Gasteiger partial charge in [0.1, 0.15) is 0 Å². The summed E-state index contributed by atoms with van der Waals surface area (Å²) in [4.78, 5) is 16.4. The summed E-state index contributed by atoms with van der Waals surface area (Å²) < 4.78 is 7.01. The Bertz CT molecular complexity index is 923. The maximum absolute atomic E-state index is 12.0. The quantitative estimate of drug-likeness (QED) is 0.463. The largest absolute Gasteiger partial charge is 0.461 e. The molecule has 1 N–H and O–H groups in total. The zero-order chi connectivity index (χ0) is 14.2. The number of furan rings is 1. The minimum absolute atomic E-state index is 0.0643. The molecular weight excluding hydrogens is 288 g/mol. The van der Waals surface area contributed by atoms with Crippen molar-refractivity contribution in [3.63, 3.8) is 0 Å². The van der Waals surface area contributed by atoms with E-state index in [0.717, 1.165) is 11.0 Å². The second-order valence-electron chi connectivity index (χ2n) is 4.45. The van der Waals surface area contributed by atoms with Gasteiger partial charge in [-0.15, -0.1) is 5.10 Å². The summed E-state index contributed by atoms with van der Waals surface area (Å²) in [5, 5.41) is 7.80. The number of nitrogens with zero attached hydrogens (tertiary/aromatic N) is 3. The summed E-state index contributed by atoms with van der Waals surface area (Å²) in [6.07, 6.45) is 1.49. The predicted molar refractivity (Wildman–Crippen MR) is 78.6 cm³/mol. The lowest BCUT2D eigenvalue weighted by Crippen LogP contribution is -2.01. The third-order valence-electron chi connectivity index (χ3n) is 3.13. The highest BCUT2D eigenvalue weighted by Gasteiger charge is 2.15. The van der Waals surface area contributed by atoms with Crippen molar-refractivity contribution >= 4 is 34.4 Å². The van der Waals surface area contributed by atoms with E-state index in [-0.39, 0.29) is 11.5 Å². The van der Waals surface area contributed by atoms with E-state index < -0.39 is 0 Å². The average Bonchev–Trinajstić information content (AvgIpc) is 3.21. The van der Waals surface area contributed by atoms with E-state index in [1.165, 1.54) is 18.0 Å². The molecule has 0 spiro atoms. The van der Waals surface area contributed by atoms with Crippen LogP contribution in [0.25, 0.3) is 16.8 Å². The summed E-state index contributed by atoms with van der Waals surface area (Å²) in [6, 6.07) is 11.2. The minimum Gasteiger partial charge on any atom is -0.461 e. The monoisotopic (exact) mass is 298 g/mol. The first-order chi connectivity index (χ1) is 10.3. The number of ketones is 1. The van der Waals surface area contributed by atoms with Crippen molar-refractivity contribution in [3.8, 4) is 0 Å². The number of hydrogen-bond donors (Lipinski definition) is 1. The number of rotatable bonds is 4. The number of hydrogen-bond acceptors (Lipinski definition) is 5. The van der Waals surface area contributed by atoms with Crippen LogP contribution in [0.3, 0.4) is 0 Å². The van der Waals surface area contributed by atoms with Gasteiger partial charge in [0.05, 0.1) is 23.0 Å².